The molecule has 2 aromatic rings. The zero-order valence-electron chi connectivity index (χ0n) is 16.9. The highest BCUT2D eigenvalue weighted by molar-refractivity contribution is 5.89. The van der Waals surface area contributed by atoms with Gasteiger partial charge in [0.05, 0.1) is 5.41 Å². The molecular weight excluding hydrogens is 369 g/mol. The second-order valence-corrected chi connectivity index (χ2v) is 7.93. The molecule has 1 saturated carbocycles. The topological polar surface area (TPSA) is 70.2 Å². The van der Waals surface area contributed by atoms with Gasteiger partial charge in [-0.25, -0.2) is 9.18 Å². The van der Waals surface area contributed by atoms with Gasteiger partial charge in [-0.15, -0.1) is 0 Å². The Morgan fingerprint density at radius 3 is 2.21 bits per heavy atom. The Morgan fingerprint density at radius 1 is 1.00 bits per heavy atom. The van der Waals surface area contributed by atoms with Crippen LogP contribution in [0.2, 0.25) is 0 Å². The third-order valence-corrected chi connectivity index (χ3v) is 5.37. The smallest absolute Gasteiger partial charge is 0.319 e. The lowest BCUT2D eigenvalue weighted by molar-refractivity contribution is -0.126. The van der Waals surface area contributed by atoms with E-state index in [1.165, 1.54) is 12.1 Å². The summed E-state index contributed by atoms with van der Waals surface area (Å²) >= 11 is 0. The van der Waals surface area contributed by atoms with Crippen LogP contribution in [0.1, 0.15) is 50.7 Å². The molecule has 0 bridgehead atoms. The van der Waals surface area contributed by atoms with Crippen molar-refractivity contribution in [1.82, 2.24) is 10.6 Å². The van der Waals surface area contributed by atoms with E-state index in [0.29, 0.717) is 12.2 Å². The van der Waals surface area contributed by atoms with Crippen LogP contribution >= 0.6 is 0 Å². The van der Waals surface area contributed by atoms with E-state index in [-0.39, 0.29) is 23.8 Å². The van der Waals surface area contributed by atoms with Gasteiger partial charge in [0, 0.05) is 18.3 Å². The molecule has 1 aliphatic rings. The van der Waals surface area contributed by atoms with E-state index in [9.17, 15) is 14.0 Å². The number of hydrogen-bond donors (Lipinski definition) is 3. The van der Waals surface area contributed by atoms with E-state index in [1.807, 2.05) is 38.1 Å². The Hall–Kier alpha value is -2.89. The normalized spacial score (nSPS) is 15.2. The van der Waals surface area contributed by atoms with Gasteiger partial charge in [0.1, 0.15) is 5.82 Å². The van der Waals surface area contributed by atoms with Gasteiger partial charge < -0.3 is 16.0 Å². The molecular formula is C23H28FN3O2. The lowest BCUT2D eigenvalue weighted by Gasteiger charge is -2.28. The van der Waals surface area contributed by atoms with Gasteiger partial charge >= 0.3 is 6.03 Å². The Morgan fingerprint density at radius 2 is 1.62 bits per heavy atom. The second kappa shape index (κ2) is 9.07. The summed E-state index contributed by atoms with van der Waals surface area (Å²) in [5.74, 6) is -0.307. The van der Waals surface area contributed by atoms with Gasteiger partial charge in [0.15, 0.2) is 0 Å². The fraction of sp³-hybridized carbons (Fsp3) is 0.391. The first-order chi connectivity index (χ1) is 13.9. The molecule has 0 aromatic heterocycles. The number of amides is 3. The van der Waals surface area contributed by atoms with Crippen LogP contribution in [0.15, 0.2) is 48.5 Å². The third kappa shape index (κ3) is 5.13. The number of halogens is 1. The minimum atomic E-state index is -0.579. The molecule has 154 valence electrons. The number of carbonyl (C=O) groups is 2. The zero-order valence-corrected chi connectivity index (χ0v) is 16.9. The van der Waals surface area contributed by atoms with Gasteiger partial charge in [-0.2, -0.15) is 0 Å². The maximum atomic E-state index is 13.3. The summed E-state index contributed by atoms with van der Waals surface area (Å²) in [4.78, 5) is 24.8. The largest absolute Gasteiger partial charge is 0.351 e. The zero-order chi connectivity index (χ0) is 20.9. The Labute approximate surface area is 171 Å². The van der Waals surface area contributed by atoms with Gasteiger partial charge in [0.2, 0.25) is 5.91 Å². The van der Waals surface area contributed by atoms with Crippen LogP contribution in [0.3, 0.4) is 0 Å². The standard InChI is InChI=1S/C23H28FN3O2/c1-16(2)26-22(29)27-20-11-5-17(6-12-20)15-25-21(28)23(13-3-4-14-23)18-7-9-19(24)10-8-18/h5-12,16H,3-4,13-15H2,1-2H3,(H,25,28)(H2,26,27,29). The van der Waals surface area contributed by atoms with Gasteiger partial charge in [0.25, 0.3) is 0 Å². The van der Waals surface area contributed by atoms with Crippen molar-refractivity contribution in [3.63, 3.8) is 0 Å². The first kappa shape index (κ1) is 20.8. The third-order valence-electron chi connectivity index (χ3n) is 5.37. The number of anilines is 1. The van der Waals surface area contributed by atoms with Crippen LogP contribution in [0, 0.1) is 5.82 Å². The van der Waals surface area contributed by atoms with Crippen molar-refractivity contribution in [3.8, 4) is 0 Å². The molecule has 1 aliphatic carbocycles. The molecule has 0 saturated heterocycles. The second-order valence-electron chi connectivity index (χ2n) is 7.93. The predicted molar refractivity (Wildman–Crippen MR) is 112 cm³/mol. The average molecular weight is 397 g/mol. The van der Waals surface area contributed by atoms with Crippen LogP contribution < -0.4 is 16.0 Å². The van der Waals surface area contributed by atoms with E-state index in [0.717, 1.165) is 36.8 Å². The molecule has 0 radical (unpaired) electrons. The van der Waals surface area contributed by atoms with Gasteiger partial charge in [-0.3, -0.25) is 4.79 Å². The molecule has 0 unspecified atom stereocenters. The van der Waals surface area contributed by atoms with Crippen LogP contribution in [0.25, 0.3) is 0 Å². The SMILES string of the molecule is CC(C)NC(=O)Nc1ccc(CNC(=O)C2(c3ccc(F)cc3)CCCC2)cc1. The Balaban J connectivity index is 1.62. The number of hydrogen-bond acceptors (Lipinski definition) is 2. The molecule has 0 aliphatic heterocycles. The highest BCUT2D eigenvalue weighted by atomic mass is 19.1. The molecule has 0 atom stereocenters. The highest BCUT2D eigenvalue weighted by Gasteiger charge is 2.42. The summed E-state index contributed by atoms with van der Waals surface area (Å²) in [6, 6.07) is 13.5. The lowest BCUT2D eigenvalue weighted by atomic mass is 9.78. The van der Waals surface area contributed by atoms with Crippen molar-refractivity contribution in [1.29, 1.82) is 0 Å². The highest BCUT2D eigenvalue weighted by Crippen LogP contribution is 2.41. The molecule has 29 heavy (non-hydrogen) atoms. The maximum absolute atomic E-state index is 13.3. The molecule has 3 amide bonds. The first-order valence-electron chi connectivity index (χ1n) is 10.1. The Bertz CT molecular complexity index is 841. The number of urea groups is 1. The van der Waals surface area contributed by atoms with Crippen molar-refractivity contribution < 1.29 is 14.0 Å². The maximum Gasteiger partial charge on any atom is 0.319 e. The molecule has 0 spiro atoms. The molecule has 0 heterocycles. The average Bonchev–Trinajstić information content (AvgIpc) is 3.18. The van der Waals surface area contributed by atoms with Gasteiger partial charge in [-0.1, -0.05) is 37.1 Å². The number of benzene rings is 2. The van der Waals surface area contributed by atoms with Gasteiger partial charge in [-0.05, 0) is 62.1 Å². The van der Waals surface area contributed by atoms with E-state index in [2.05, 4.69) is 16.0 Å². The summed E-state index contributed by atoms with van der Waals surface area (Å²) in [6.45, 7) is 4.20. The van der Waals surface area contributed by atoms with Crippen LogP contribution in [0.4, 0.5) is 14.9 Å². The summed E-state index contributed by atoms with van der Waals surface area (Å²) in [5, 5.41) is 8.59. The molecule has 5 nitrogen and oxygen atoms in total. The minimum absolute atomic E-state index is 0.0138. The van der Waals surface area contributed by atoms with Crippen molar-refractivity contribution in [3.05, 3.63) is 65.5 Å². The van der Waals surface area contributed by atoms with Crippen molar-refractivity contribution in [2.75, 3.05) is 5.32 Å². The Kier molecular flexibility index (Phi) is 6.52. The minimum Gasteiger partial charge on any atom is -0.351 e. The summed E-state index contributed by atoms with van der Waals surface area (Å²) < 4.78 is 13.3. The fourth-order valence-electron chi connectivity index (χ4n) is 3.88. The molecule has 1 fully saturated rings. The fourth-order valence-corrected chi connectivity index (χ4v) is 3.88. The van der Waals surface area contributed by atoms with E-state index >= 15 is 0 Å². The first-order valence-corrected chi connectivity index (χ1v) is 10.1. The van der Waals surface area contributed by atoms with Crippen molar-refractivity contribution in [2.24, 2.45) is 0 Å². The van der Waals surface area contributed by atoms with Crippen LogP contribution in [-0.2, 0) is 16.8 Å². The van der Waals surface area contributed by atoms with Crippen molar-refractivity contribution in [2.45, 2.75) is 57.5 Å². The quantitative estimate of drug-likeness (QED) is 0.672. The van der Waals surface area contributed by atoms with E-state index < -0.39 is 5.41 Å². The summed E-state index contributed by atoms with van der Waals surface area (Å²) in [7, 11) is 0. The van der Waals surface area contributed by atoms with Crippen LogP contribution in [-0.4, -0.2) is 18.0 Å². The van der Waals surface area contributed by atoms with Crippen LogP contribution in [0.5, 0.6) is 0 Å². The molecule has 3 N–H and O–H groups in total. The van der Waals surface area contributed by atoms with E-state index in [4.69, 9.17) is 0 Å². The lowest BCUT2D eigenvalue weighted by Crippen LogP contribution is -2.42. The number of nitrogens with one attached hydrogen (secondary N) is 3. The summed E-state index contributed by atoms with van der Waals surface area (Å²) in [6.07, 6.45) is 3.53. The monoisotopic (exact) mass is 397 g/mol. The molecule has 2 aromatic carbocycles. The summed E-state index contributed by atoms with van der Waals surface area (Å²) in [5.41, 5.74) is 1.94. The molecule has 6 heteroatoms. The predicted octanol–water partition coefficient (Wildman–Crippen LogP) is 4.48. The molecule has 3 rings (SSSR count). The van der Waals surface area contributed by atoms with E-state index in [1.54, 1.807) is 12.1 Å². The van der Waals surface area contributed by atoms with Crippen molar-refractivity contribution >= 4 is 17.6 Å². The number of carbonyl (C=O) groups excluding carboxylic acids is 2. The number of rotatable bonds is 6.